The molecular formula is C15H29NOSi. The molecule has 104 valence electrons. The zero-order valence-corrected chi connectivity index (χ0v) is 15.1. The topological polar surface area (TPSA) is 29.4 Å². The normalized spacial score (nSPS) is 19.7. The fraction of sp³-hybridized carbons (Fsp3) is 0.733. The van der Waals surface area contributed by atoms with E-state index in [4.69, 9.17) is 0 Å². The molecular weight excluding hydrogens is 238 g/mol. The van der Waals surface area contributed by atoms with Crippen molar-refractivity contribution >= 4 is 10.2 Å². The maximum atomic E-state index is 11.5. The van der Waals surface area contributed by atoms with Crippen LogP contribution < -0.4 is 0 Å². The molecule has 0 aromatic carbocycles. The van der Waals surface area contributed by atoms with Crippen LogP contribution >= 0.6 is 0 Å². The minimum Gasteiger partial charge on any atom is -0.150 e. The molecule has 2 nitrogen and oxygen atoms in total. The molecule has 0 aliphatic rings. The van der Waals surface area contributed by atoms with Crippen molar-refractivity contribution in [2.24, 2.45) is 21.9 Å². The van der Waals surface area contributed by atoms with Gasteiger partial charge in [-0.05, 0) is 21.8 Å². The molecule has 0 saturated heterocycles. The first-order chi connectivity index (χ1) is 7.98. The van der Waals surface area contributed by atoms with E-state index in [0.29, 0.717) is 0 Å². The molecule has 0 N–H and O–H groups in total. The SMILES string of the molecule is C=CC(C)C(C)(C)C(N=O)C(C)(C)C(C)([SiH3])C=C. The molecule has 3 atom stereocenters. The number of hydrogen-bond donors (Lipinski definition) is 0. The molecule has 0 aliphatic heterocycles. The molecule has 0 saturated carbocycles. The minimum absolute atomic E-state index is 0.0241. The Bertz CT molecular complexity index is 331. The first-order valence-corrected chi connectivity index (χ1v) is 7.57. The van der Waals surface area contributed by atoms with Crippen molar-refractivity contribution in [2.75, 3.05) is 0 Å². The summed E-state index contributed by atoms with van der Waals surface area (Å²) in [5.41, 5.74) is -0.412. The highest BCUT2D eigenvalue weighted by Crippen LogP contribution is 2.53. The van der Waals surface area contributed by atoms with Gasteiger partial charge in [0.1, 0.15) is 6.04 Å². The molecule has 0 aromatic rings. The molecule has 0 amide bonds. The Labute approximate surface area is 115 Å². The van der Waals surface area contributed by atoms with Gasteiger partial charge in [0.25, 0.3) is 0 Å². The van der Waals surface area contributed by atoms with Crippen LogP contribution in [0.1, 0.15) is 41.5 Å². The second-order valence-corrected chi connectivity index (χ2v) is 9.08. The Kier molecular flexibility index (Phi) is 5.30. The number of hydrogen-bond acceptors (Lipinski definition) is 2. The van der Waals surface area contributed by atoms with E-state index >= 15 is 0 Å². The zero-order chi connectivity index (χ0) is 14.8. The summed E-state index contributed by atoms with van der Waals surface area (Å²) in [6.07, 6.45) is 3.89. The van der Waals surface area contributed by atoms with Crippen LogP contribution in [0.2, 0.25) is 5.04 Å². The quantitative estimate of drug-likeness (QED) is 0.393. The third-order valence-corrected chi connectivity index (χ3v) is 6.89. The van der Waals surface area contributed by atoms with E-state index in [2.05, 4.69) is 59.9 Å². The van der Waals surface area contributed by atoms with Crippen LogP contribution in [-0.4, -0.2) is 16.3 Å². The Morgan fingerprint density at radius 1 is 1.17 bits per heavy atom. The highest BCUT2D eigenvalue weighted by molar-refractivity contribution is 6.17. The lowest BCUT2D eigenvalue weighted by Crippen LogP contribution is -2.48. The van der Waals surface area contributed by atoms with Gasteiger partial charge in [0.2, 0.25) is 0 Å². The van der Waals surface area contributed by atoms with E-state index in [1.165, 1.54) is 0 Å². The van der Waals surface area contributed by atoms with E-state index in [1.54, 1.807) is 0 Å². The monoisotopic (exact) mass is 267 g/mol. The Morgan fingerprint density at radius 2 is 1.61 bits per heavy atom. The lowest BCUT2D eigenvalue weighted by Gasteiger charge is -2.49. The molecule has 0 fully saturated rings. The van der Waals surface area contributed by atoms with E-state index in [-0.39, 0.29) is 27.8 Å². The largest absolute Gasteiger partial charge is 0.150 e. The first-order valence-electron chi connectivity index (χ1n) is 6.57. The minimum atomic E-state index is -0.265. The van der Waals surface area contributed by atoms with E-state index < -0.39 is 0 Å². The standard InChI is InChI=1S/C15H29NOSi/c1-9-11(3)13(4,5)12(16-17)14(6,7)15(8,18)10-2/h9-12H,1-2H2,3-8,18H3. The fourth-order valence-electron chi connectivity index (χ4n) is 2.37. The summed E-state index contributed by atoms with van der Waals surface area (Å²) in [4.78, 5) is 11.5. The van der Waals surface area contributed by atoms with Gasteiger partial charge in [0, 0.05) is 10.2 Å². The van der Waals surface area contributed by atoms with Crippen molar-refractivity contribution in [2.45, 2.75) is 52.6 Å². The van der Waals surface area contributed by atoms with Gasteiger partial charge in [-0.15, -0.1) is 13.2 Å². The van der Waals surface area contributed by atoms with Crippen LogP contribution in [0, 0.1) is 21.7 Å². The molecule has 0 rings (SSSR count). The molecule has 0 radical (unpaired) electrons. The summed E-state index contributed by atoms with van der Waals surface area (Å²) in [6, 6.07) is -0.265. The average molecular weight is 267 g/mol. The van der Waals surface area contributed by atoms with Gasteiger partial charge in [0.15, 0.2) is 0 Å². The molecule has 3 heteroatoms. The van der Waals surface area contributed by atoms with Crippen molar-refractivity contribution < 1.29 is 0 Å². The van der Waals surface area contributed by atoms with Crippen molar-refractivity contribution in [1.29, 1.82) is 0 Å². The van der Waals surface area contributed by atoms with Gasteiger partial charge < -0.3 is 0 Å². The van der Waals surface area contributed by atoms with Gasteiger partial charge in [-0.3, -0.25) is 0 Å². The number of nitroso groups, excluding NO2 is 1. The van der Waals surface area contributed by atoms with Crippen LogP contribution in [-0.2, 0) is 0 Å². The Balaban J connectivity index is 5.65. The molecule has 0 aliphatic carbocycles. The number of allylic oxidation sites excluding steroid dienone is 2. The summed E-state index contributed by atoms with van der Waals surface area (Å²) >= 11 is 0. The lowest BCUT2D eigenvalue weighted by atomic mass is 9.60. The van der Waals surface area contributed by atoms with Crippen LogP contribution in [0.5, 0.6) is 0 Å². The Morgan fingerprint density at radius 3 is 1.89 bits per heavy atom. The summed E-state index contributed by atoms with van der Waals surface area (Å²) in [5, 5.41) is 3.47. The van der Waals surface area contributed by atoms with E-state index in [1.807, 2.05) is 12.2 Å². The summed E-state index contributed by atoms with van der Waals surface area (Å²) in [7, 11) is 0.948. The highest BCUT2D eigenvalue weighted by Gasteiger charge is 2.50. The second kappa shape index (κ2) is 5.51. The summed E-state index contributed by atoms with van der Waals surface area (Å²) in [6.45, 7) is 20.5. The van der Waals surface area contributed by atoms with Crippen molar-refractivity contribution in [3.63, 3.8) is 0 Å². The van der Waals surface area contributed by atoms with Crippen LogP contribution in [0.25, 0.3) is 0 Å². The molecule has 0 heterocycles. The lowest BCUT2D eigenvalue weighted by molar-refractivity contribution is 0.0902. The van der Waals surface area contributed by atoms with Gasteiger partial charge in [0.05, 0.1) is 0 Å². The molecule has 18 heavy (non-hydrogen) atoms. The Hall–Kier alpha value is -0.703. The van der Waals surface area contributed by atoms with Crippen LogP contribution in [0.3, 0.4) is 0 Å². The van der Waals surface area contributed by atoms with Gasteiger partial charge in [-0.2, -0.15) is 4.91 Å². The number of rotatable bonds is 7. The van der Waals surface area contributed by atoms with E-state index in [9.17, 15) is 4.91 Å². The third kappa shape index (κ3) is 2.82. The predicted octanol–water partition coefficient (Wildman–Crippen LogP) is 3.73. The van der Waals surface area contributed by atoms with Crippen molar-refractivity contribution in [3.8, 4) is 0 Å². The van der Waals surface area contributed by atoms with E-state index in [0.717, 1.165) is 10.2 Å². The summed E-state index contributed by atoms with van der Waals surface area (Å²) in [5.74, 6) is 0.238. The van der Waals surface area contributed by atoms with Gasteiger partial charge in [-0.25, -0.2) is 0 Å². The predicted molar refractivity (Wildman–Crippen MR) is 85.0 cm³/mol. The second-order valence-electron chi connectivity index (χ2n) is 7.00. The molecule has 0 spiro atoms. The summed E-state index contributed by atoms with van der Waals surface area (Å²) < 4.78 is 0. The van der Waals surface area contributed by atoms with Crippen LogP contribution in [0.15, 0.2) is 30.5 Å². The average Bonchev–Trinajstić information content (AvgIpc) is 2.27. The maximum Gasteiger partial charge on any atom is 0.103 e. The zero-order valence-electron chi connectivity index (χ0n) is 13.1. The smallest absolute Gasteiger partial charge is 0.103 e. The third-order valence-electron chi connectivity index (χ3n) is 5.19. The molecule has 0 bridgehead atoms. The van der Waals surface area contributed by atoms with Gasteiger partial charge >= 0.3 is 0 Å². The molecule has 3 unspecified atom stereocenters. The highest BCUT2D eigenvalue weighted by atomic mass is 28.1. The van der Waals surface area contributed by atoms with Gasteiger partial charge in [-0.1, -0.05) is 58.9 Å². The number of nitrogens with zero attached hydrogens (tertiary/aromatic N) is 1. The van der Waals surface area contributed by atoms with Crippen LogP contribution in [0.4, 0.5) is 0 Å². The fourth-order valence-corrected chi connectivity index (χ4v) is 2.64. The molecule has 0 aromatic heterocycles. The first kappa shape index (κ1) is 17.3. The van der Waals surface area contributed by atoms with Crippen molar-refractivity contribution in [1.82, 2.24) is 0 Å². The maximum absolute atomic E-state index is 11.5. The van der Waals surface area contributed by atoms with Crippen molar-refractivity contribution in [3.05, 3.63) is 30.2 Å².